The third-order valence-electron chi connectivity index (χ3n) is 4.40. The smallest absolute Gasteiger partial charge is 0.222 e. The third-order valence-corrected chi connectivity index (χ3v) is 4.90. The van der Waals surface area contributed by atoms with E-state index in [-0.39, 0.29) is 11.9 Å². The molecule has 2 N–H and O–H groups in total. The molecular weight excluding hydrogens is 344 g/mol. The van der Waals surface area contributed by atoms with Crippen LogP contribution in [0.4, 0.5) is 0 Å². The summed E-state index contributed by atoms with van der Waals surface area (Å²) in [7, 11) is 1.66. The first-order valence-corrected chi connectivity index (χ1v) is 8.66. The fourth-order valence-electron chi connectivity index (χ4n) is 3.01. The molecule has 1 amide bonds. The lowest BCUT2D eigenvalue weighted by Crippen LogP contribution is -2.45. The van der Waals surface area contributed by atoms with E-state index in [1.807, 2.05) is 30.0 Å². The second kappa shape index (κ2) is 7.97. The average molecular weight is 369 g/mol. The van der Waals surface area contributed by atoms with E-state index in [1.165, 1.54) is 0 Å². The van der Waals surface area contributed by atoms with Crippen LogP contribution >= 0.6 is 15.9 Å². The maximum absolute atomic E-state index is 12.5. The fraction of sp³-hybridized carbons (Fsp3) is 0.588. The zero-order chi connectivity index (χ0) is 16.1. The third kappa shape index (κ3) is 4.46. The molecular formula is C17H25BrN2O2. The van der Waals surface area contributed by atoms with Crippen molar-refractivity contribution in [1.29, 1.82) is 0 Å². The molecule has 0 bridgehead atoms. The summed E-state index contributed by atoms with van der Waals surface area (Å²) in [6.07, 6.45) is 3.39. The number of likely N-dealkylation sites (tertiary alicyclic amines) is 1. The summed E-state index contributed by atoms with van der Waals surface area (Å²) in [6.45, 7) is 3.69. The van der Waals surface area contributed by atoms with E-state index in [0.717, 1.165) is 41.7 Å². The molecule has 2 atom stereocenters. The number of halogens is 1. The van der Waals surface area contributed by atoms with Crippen LogP contribution in [0.3, 0.4) is 0 Å². The molecule has 1 aromatic carbocycles. The minimum Gasteiger partial charge on any atom is -0.496 e. The van der Waals surface area contributed by atoms with Crippen LogP contribution in [0.15, 0.2) is 22.7 Å². The molecule has 22 heavy (non-hydrogen) atoms. The highest BCUT2D eigenvalue weighted by molar-refractivity contribution is 9.10. The largest absolute Gasteiger partial charge is 0.496 e. The van der Waals surface area contributed by atoms with Crippen molar-refractivity contribution in [3.63, 3.8) is 0 Å². The molecule has 1 fully saturated rings. The SMILES string of the molecule is COc1ccc(Br)cc1CCC(=O)N1CCCC(C(C)N)C1. The number of ether oxygens (including phenoxy) is 1. The summed E-state index contributed by atoms with van der Waals surface area (Å²) in [6, 6.07) is 6.05. The number of carbonyl (C=O) groups is 1. The van der Waals surface area contributed by atoms with Gasteiger partial charge < -0.3 is 15.4 Å². The number of aryl methyl sites for hydroxylation is 1. The van der Waals surface area contributed by atoms with Gasteiger partial charge in [-0.2, -0.15) is 0 Å². The highest BCUT2D eigenvalue weighted by Gasteiger charge is 2.25. The van der Waals surface area contributed by atoms with Crippen LogP contribution in [0.2, 0.25) is 0 Å². The molecule has 0 saturated carbocycles. The molecule has 2 unspecified atom stereocenters. The Morgan fingerprint density at radius 1 is 1.55 bits per heavy atom. The summed E-state index contributed by atoms with van der Waals surface area (Å²) in [4.78, 5) is 14.4. The fourth-order valence-corrected chi connectivity index (χ4v) is 3.42. The molecule has 1 saturated heterocycles. The zero-order valence-corrected chi connectivity index (χ0v) is 14.9. The highest BCUT2D eigenvalue weighted by atomic mass is 79.9. The van der Waals surface area contributed by atoms with Gasteiger partial charge in [0.25, 0.3) is 0 Å². The summed E-state index contributed by atoms with van der Waals surface area (Å²) < 4.78 is 6.37. The van der Waals surface area contributed by atoms with Gasteiger partial charge in [0, 0.05) is 30.0 Å². The Hall–Kier alpha value is -1.07. The van der Waals surface area contributed by atoms with Crippen molar-refractivity contribution in [2.75, 3.05) is 20.2 Å². The summed E-state index contributed by atoms with van der Waals surface area (Å²) in [5.41, 5.74) is 7.05. The van der Waals surface area contributed by atoms with Gasteiger partial charge >= 0.3 is 0 Å². The van der Waals surface area contributed by atoms with Crippen LogP contribution in [0.5, 0.6) is 5.75 Å². The number of piperidine rings is 1. The Morgan fingerprint density at radius 2 is 2.32 bits per heavy atom. The molecule has 0 aliphatic carbocycles. The predicted octanol–water partition coefficient (Wildman–Crippen LogP) is 2.98. The van der Waals surface area contributed by atoms with E-state index in [2.05, 4.69) is 15.9 Å². The van der Waals surface area contributed by atoms with Crippen molar-refractivity contribution >= 4 is 21.8 Å². The van der Waals surface area contributed by atoms with Crippen molar-refractivity contribution in [1.82, 2.24) is 4.90 Å². The zero-order valence-electron chi connectivity index (χ0n) is 13.3. The van der Waals surface area contributed by atoms with Gasteiger partial charge in [0.15, 0.2) is 0 Å². The minimum atomic E-state index is 0.153. The highest BCUT2D eigenvalue weighted by Crippen LogP contribution is 2.25. The van der Waals surface area contributed by atoms with Crippen molar-refractivity contribution in [3.8, 4) is 5.75 Å². The van der Waals surface area contributed by atoms with Gasteiger partial charge in [-0.25, -0.2) is 0 Å². The topological polar surface area (TPSA) is 55.6 Å². The second-order valence-electron chi connectivity index (χ2n) is 6.06. The van der Waals surface area contributed by atoms with Gasteiger partial charge in [-0.3, -0.25) is 4.79 Å². The monoisotopic (exact) mass is 368 g/mol. The van der Waals surface area contributed by atoms with Crippen LogP contribution in [-0.4, -0.2) is 37.0 Å². The van der Waals surface area contributed by atoms with E-state index < -0.39 is 0 Å². The molecule has 2 rings (SSSR count). The van der Waals surface area contributed by atoms with Crippen molar-refractivity contribution in [2.24, 2.45) is 11.7 Å². The lowest BCUT2D eigenvalue weighted by molar-refractivity contribution is -0.133. The molecule has 5 heteroatoms. The Morgan fingerprint density at radius 3 is 3.00 bits per heavy atom. The second-order valence-corrected chi connectivity index (χ2v) is 6.97. The molecule has 1 aromatic rings. The van der Waals surface area contributed by atoms with Crippen molar-refractivity contribution in [3.05, 3.63) is 28.2 Å². The number of nitrogens with two attached hydrogens (primary N) is 1. The maximum Gasteiger partial charge on any atom is 0.222 e. The molecule has 0 radical (unpaired) electrons. The Kier molecular flexibility index (Phi) is 6.26. The molecule has 0 aromatic heterocycles. The summed E-state index contributed by atoms with van der Waals surface area (Å²) in [5, 5.41) is 0. The van der Waals surface area contributed by atoms with Gasteiger partial charge in [-0.15, -0.1) is 0 Å². The first-order valence-electron chi connectivity index (χ1n) is 7.87. The van der Waals surface area contributed by atoms with E-state index in [9.17, 15) is 4.79 Å². The number of benzene rings is 1. The normalized spacial score (nSPS) is 19.8. The van der Waals surface area contributed by atoms with E-state index in [4.69, 9.17) is 10.5 Å². The standard InChI is InChI=1S/C17H25BrN2O2/c1-12(19)14-4-3-9-20(11-14)17(21)8-5-13-10-15(18)6-7-16(13)22-2/h6-7,10,12,14H,3-5,8-9,11,19H2,1-2H3. The van der Waals surface area contributed by atoms with Crippen LogP contribution in [-0.2, 0) is 11.2 Å². The summed E-state index contributed by atoms with van der Waals surface area (Å²) >= 11 is 3.47. The first kappa shape index (κ1) is 17.3. The quantitative estimate of drug-likeness (QED) is 0.868. The van der Waals surface area contributed by atoms with Gasteiger partial charge in [-0.05, 0) is 55.9 Å². The summed E-state index contributed by atoms with van der Waals surface area (Å²) in [5.74, 6) is 1.48. The van der Waals surface area contributed by atoms with Gasteiger partial charge in [0.05, 0.1) is 7.11 Å². The molecule has 1 aliphatic heterocycles. The van der Waals surface area contributed by atoms with Gasteiger partial charge in [0.1, 0.15) is 5.75 Å². The Balaban J connectivity index is 1.94. The van der Waals surface area contributed by atoms with Crippen LogP contribution in [0, 0.1) is 5.92 Å². The first-order chi connectivity index (χ1) is 10.5. The van der Waals surface area contributed by atoms with Gasteiger partial charge in [0.2, 0.25) is 5.91 Å². The number of amides is 1. The minimum absolute atomic E-state index is 0.153. The lowest BCUT2D eigenvalue weighted by atomic mass is 9.92. The maximum atomic E-state index is 12.5. The molecule has 1 aliphatic rings. The van der Waals surface area contributed by atoms with Gasteiger partial charge in [-0.1, -0.05) is 15.9 Å². The van der Waals surface area contributed by atoms with Crippen LogP contribution in [0.1, 0.15) is 31.7 Å². The van der Waals surface area contributed by atoms with Crippen molar-refractivity contribution < 1.29 is 9.53 Å². The number of hydrogen-bond donors (Lipinski definition) is 1. The van der Waals surface area contributed by atoms with E-state index >= 15 is 0 Å². The lowest BCUT2D eigenvalue weighted by Gasteiger charge is -2.34. The molecule has 4 nitrogen and oxygen atoms in total. The molecule has 0 spiro atoms. The van der Waals surface area contributed by atoms with Crippen LogP contribution in [0.25, 0.3) is 0 Å². The molecule has 122 valence electrons. The Bertz CT molecular complexity index is 519. The number of rotatable bonds is 5. The predicted molar refractivity (Wildman–Crippen MR) is 92.0 cm³/mol. The molecule has 1 heterocycles. The van der Waals surface area contributed by atoms with Crippen LogP contribution < -0.4 is 10.5 Å². The van der Waals surface area contributed by atoms with E-state index in [0.29, 0.717) is 18.8 Å². The van der Waals surface area contributed by atoms with Crippen molar-refractivity contribution in [2.45, 2.75) is 38.6 Å². The number of nitrogens with zero attached hydrogens (tertiary/aromatic N) is 1. The Labute approximate surface area is 141 Å². The number of carbonyl (C=O) groups excluding carboxylic acids is 1. The number of methoxy groups -OCH3 is 1. The number of hydrogen-bond acceptors (Lipinski definition) is 3. The van der Waals surface area contributed by atoms with E-state index in [1.54, 1.807) is 7.11 Å². The average Bonchev–Trinajstić information content (AvgIpc) is 2.52.